The van der Waals surface area contributed by atoms with Gasteiger partial charge in [0.15, 0.2) is 0 Å². The van der Waals surface area contributed by atoms with Crippen molar-refractivity contribution in [2.75, 3.05) is 20.1 Å². The minimum atomic E-state index is -2.01. The van der Waals surface area contributed by atoms with E-state index in [1.807, 2.05) is 46.9 Å². The van der Waals surface area contributed by atoms with E-state index in [4.69, 9.17) is 4.74 Å². The first-order valence-electron chi connectivity index (χ1n) is 15.4. The summed E-state index contributed by atoms with van der Waals surface area (Å²) in [6.07, 6.45) is 6.87. The second kappa shape index (κ2) is 9.39. The fraction of sp³-hybridized carbons (Fsp3) is 0.594. The normalized spacial score (nSPS) is 34.9. The third kappa shape index (κ3) is 3.58. The molecule has 1 aliphatic carbocycles. The fourth-order valence-electron chi connectivity index (χ4n) is 8.11. The maximum atomic E-state index is 14.4. The van der Waals surface area contributed by atoms with Gasteiger partial charge in [0.1, 0.15) is 12.1 Å². The summed E-state index contributed by atoms with van der Waals surface area (Å²) < 4.78 is 6.45. The van der Waals surface area contributed by atoms with Gasteiger partial charge < -0.3 is 20.3 Å². The van der Waals surface area contributed by atoms with Gasteiger partial charge in [-0.15, -0.1) is 0 Å². The zero-order valence-corrected chi connectivity index (χ0v) is 25.0. The summed E-state index contributed by atoms with van der Waals surface area (Å²) in [4.78, 5) is 50.8. The largest absolute Gasteiger partial charge is 0.361 e. The van der Waals surface area contributed by atoms with Gasteiger partial charge in [-0.2, -0.15) is 0 Å². The number of nitrogens with one attached hydrogen (secondary N) is 2. The Kier molecular flexibility index (Phi) is 6.18. The van der Waals surface area contributed by atoms with Crippen LogP contribution in [0.4, 0.5) is 0 Å². The molecular formula is C32H41N5O5. The highest BCUT2D eigenvalue weighted by atomic mass is 16.7. The molecule has 3 fully saturated rings. The highest BCUT2D eigenvalue weighted by molar-refractivity contribution is 6.01. The zero-order chi connectivity index (χ0) is 29.7. The van der Waals surface area contributed by atoms with Gasteiger partial charge in [0, 0.05) is 42.1 Å². The summed E-state index contributed by atoms with van der Waals surface area (Å²) in [5, 5.41) is 16.4. The Bertz CT molecular complexity index is 1520. The van der Waals surface area contributed by atoms with Crippen LogP contribution in [0, 0.1) is 17.8 Å². The molecule has 0 saturated carbocycles. The molecular weight excluding hydrogens is 534 g/mol. The van der Waals surface area contributed by atoms with Gasteiger partial charge in [0.2, 0.25) is 17.5 Å². The van der Waals surface area contributed by atoms with Crippen molar-refractivity contribution < 1.29 is 24.2 Å². The van der Waals surface area contributed by atoms with Crippen LogP contribution in [-0.4, -0.2) is 92.4 Å². The van der Waals surface area contributed by atoms with Crippen molar-refractivity contribution in [2.24, 2.45) is 17.8 Å². The van der Waals surface area contributed by atoms with Crippen molar-refractivity contribution in [1.29, 1.82) is 0 Å². The molecule has 10 heteroatoms. The number of aromatic nitrogens is 1. The minimum absolute atomic E-state index is 0.150. The molecule has 1 aromatic carbocycles. The number of nitrogens with zero attached hydrogens (tertiary/aromatic N) is 3. The number of aromatic amines is 1. The molecule has 7 atom stereocenters. The summed E-state index contributed by atoms with van der Waals surface area (Å²) in [7, 11) is 2.03. The minimum Gasteiger partial charge on any atom is -0.361 e. The zero-order valence-electron chi connectivity index (χ0n) is 25.0. The average molecular weight is 576 g/mol. The van der Waals surface area contributed by atoms with Gasteiger partial charge >= 0.3 is 0 Å². The standard InChI is InChI=1S/C32H41N5O5/c1-6-18(4)27-29(39)36-12-8-11-25(36)32(41)37(27)30(40)31(42-32,17(2)3)34-28(38)20-13-22-21-9-7-10-23-26(21)19(15-33-23)14-24(22)35(5)16-20/h7,9-10,13,15,17-18,20,24-25,27,33,41H,6,8,11-12,14,16H2,1-5H3,(H,34,38)/t18?,20-,24+,25+,27+,31-,32+/m1/s1. The van der Waals surface area contributed by atoms with Gasteiger partial charge in [0.25, 0.3) is 11.8 Å². The summed E-state index contributed by atoms with van der Waals surface area (Å²) in [6.45, 7) is 8.50. The third-order valence-electron chi connectivity index (χ3n) is 10.6. The second-order valence-electron chi connectivity index (χ2n) is 13.3. The van der Waals surface area contributed by atoms with Crippen LogP contribution < -0.4 is 5.32 Å². The molecule has 4 aliphatic heterocycles. The Morgan fingerprint density at radius 2 is 2.05 bits per heavy atom. The molecule has 5 heterocycles. The summed E-state index contributed by atoms with van der Waals surface area (Å²) in [5.41, 5.74) is 2.79. The second-order valence-corrected chi connectivity index (χ2v) is 13.3. The molecule has 5 aliphatic rings. The molecule has 0 radical (unpaired) electrons. The van der Waals surface area contributed by atoms with Crippen LogP contribution in [0.25, 0.3) is 16.5 Å². The van der Waals surface area contributed by atoms with E-state index >= 15 is 0 Å². The smallest absolute Gasteiger partial charge is 0.281 e. The number of piperazine rings is 1. The van der Waals surface area contributed by atoms with Gasteiger partial charge in [-0.3, -0.25) is 28.9 Å². The Balaban J connectivity index is 1.25. The number of carbonyl (C=O) groups is 3. The number of hydrogen-bond donors (Lipinski definition) is 3. The summed E-state index contributed by atoms with van der Waals surface area (Å²) in [5.74, 6) is -4.28. The van der Waals surface area contributed by atoms with Crippen LogP contribution in [-0.2, 0) is 25.5 Å². The summed E-state index contributed by atoms with van der Waals surface area (Å²) >= 11 is 0. The van der Waals surface area contributed by atoms with E-state index in [2.05, 4.69) is 33.5 Å². The maximum absolute atomic E-state index is 14.4. The number of carbonyl (C=O) groups excluding carboxylic acids is 3. The summed E-state index contributed by atoms with van der Waals surface area (Å²) in [6, 6.07) is 4.82. The van der Waals surface area contributed by atoms with E-state index in [1.165, 1.54) is 15.8 Å². The molecule has 3 amide bonds. The molecule has 7 rings (SSSR count). The molecule has 1 unspecified atom stereocenters. The number of likely N-dealkylation sites (N-methyl/N-ethyl adjacent to an activating group) is 1. The van der Waals surface area contributed by atoms with Crippen LogP contribution in [0.3, 0.4) is 0 Å². The van der Waals surface area contributed by atoms with Crippen LogP contribution in [0.2, 0.25) is 0 Å². The predicted octanol–water partition coefficient (Wildman–Crippen LogP) is 2.43. The number of amides is 3. The SMILES string of the molecule is CCC(C)[C@H]1C(=O)N2CCC[C@H]2[C@]2(O)O[C@](NC(=O)[C@@H]3C=C4c5cccc6[nH]cc(c56)C[C@@H]4N(C)C3)(C(C)C)C(=O)N12. The van der Waals surface area contributed by atoms with Crippen LogP contribution >= 0.6 is 0 Å². The lowest BCUT2D eigenvalue weighted by molar-refractivity contribution is -0.324. The van der Waals surface area contributed by atoms with E-state index in [1.54, 1.807) is 4.90 Å². The highest BCUT2D eigenvalue weighted by Gasteiger charge is 2.72. The van der Waals surface area contributed by atoms with Crippen LogP contribution in [0.15, 0.2) is 30.5 Å². The quantitative estimate of drug-likeness (QED) is 0.504. The number of hydrogen-bond acceptors (Lipinski definition) is 6. The van der Waals surface area contributed by atoms with Gasteiger partial charge in [0.05, 0.1) is 5.92 Å². The average Bonchev–Trinajstić information content (AvgIpc) is 3.68. The van der Waals surface area contributed by atoms with Crippen molar-refractivity contribution in [3.8, 4) is 0 Å². The number of aliphatic hydroxyl groups is 1. The Morgan fingerprint density at radius 3 is 2.79 bits per heavy atom. The Morgan fingerprint density at radius 1 is 1.26 bits per heavy atom. The highest BCUT2D eigenvalue weighted by Crippen LogP contribution is 2.49. The lowest BCUT2D eigenvalue weighted by Crippen LogP contribution is -2.72. The molecule has 42 heavy (non-hydrogen) atoms. The first-order valence-corrected chi connectivity index (χ1v) is 15.4. The Labute approximate surface area is 246 Å². The molecule has 2 aromatic rings. The fourth-order valence-corrected chi connectivity index (χ4v) is 8.11. The lowest BCUT2D eigenvalue weighted by Gasteiger charge is -2.50. The Hall–Kier alpha value is -3.21. The van der Waals surface area contributed by atoms with Crippen molar-refractivity contribution >= 4 is 34.2 Å². The topological polar surface area (TPSA) is 118 Å². The van der Waals surface area contributed by atoms with Crippen molar-refractivity contribution in [3.63, 3.8) is 0 Å². The number of ether oxygens (including phenoxy) is 1. The first kappa shape index (κ1) is 27.6. The number of rotatable bonds is 5. The van der Waals surface area contributed by atoms with E-state index in [0.29, 0.717) is 25.9 Å². The molecule has 0 spiro atoms. The molecule has 1 aromatic heterocycles. The van der Waals surface area contributed by atoms with E-state index < -0.39 is 41.5 Å². The predicted molar refractivity (Wildman–Crippen MR) is 156 cm³/mol. The monoisotopic (exact) mass is 575 g/mol. The lowest BCUT2D eigenvalue weighted by atomic mass is 9.79. The van der Waals surface area contributed by atoms with Gasteiger partial charge in [-0.25, -0.2) is 0 Å². The van der Waals surface area contributed by atoms with Gasteiger partial charge in [-0.05, 0) is 55.0 Å². The number of benzene rings is 1. The van der Waals surface area contributed by atoms with E-state index in [-0.39, 0.29) is 23.8 Å². The molecule has 224 valence electrons. The first-order chi connectivity index (χ1) is 20.0. The van der Waals surface area contributed by atoms with Crippen molar-refractivity contribution in [2.45, 2.75) is 83.1 Å². The molecule has 3 saturated heterocycles. The number of H-pyrrole nitrogens is 1. The van der Waals surface area contributed by atoms with Gasteiger partial charge in [-0.1, -0.05) is 52.3 Å². The molecule has 10 nitrogen and oxygen atoms in total. The molecule has 3 N–H and O–H groups in total. The van der Waals surface area contributed by atoms with Crippen molar-refractivity contribution in [1.82, 2.24) is 25.0 Å². The molecule has 0 bridgehead atoms. The number of fused-ring (bicyclic) bond motifs is 5. The van der Waals surface area contributed by atoms with Crippen LogP contribution in [0.1, 0.15) is 58.1 Å². The van der Waals surface area contributed by atoms with E-state index in [9.17, 15) is 19.5 Å². The van der Waals surface area contributed by atoms with E-state index in [0.717, 1.165) is 29.5 Å². The van der Waals surface area contributed by atoms with Crippen LogP contribution in [0.5, 0.6) is 0 Å². The van der Waals surface area contributed by atoms with Crippen molar-refractivity contribution in [3.05, 3.63) is 41.6 Å². The third-order valence-corrected chi connectivity index (χ3v) is 10.6. The maximum Gasteiger partial charge on any atom is 0.281 e.